The second-order valence-electron chi connectivity index (χ2n) is 14.2. The number of nitrogen functional groups attached to an aromatic ring is 2. The minimum Gasteiger partial charge on any atom is -0.489 e. The summed E-state index contributed by atoms with van der Waals surface area (Å²) in [6.07, 6.45) is 19.0. The molecular weight excluding hydrogens is 440 g/mol. The molecule has 3 nitrogen and oxygen atoms in total. The van der Waals surface area contributed by atoms with Crippen molar-refractivity contribution < 1.29 is 4.74 Å². The summed E-state index contributed by atoms with van der Waals surface area (Å²) in [5.41, 5.74) is 14.7. The Kier molecular flexibility index (Phi) is 7.59. The van der Waals surface area contributed by atoms with Crippen LogP contribution in [0.1, 0.15) is 111 Å². The van der Waals surface area contributed by atoms with E-state index in [1.807, 2.05) is 18.2 Å². The highest BCUT2D eigenvalue weighted by Gasteiger charge is 2.60. The average Bonchev–Trinajstić information content (AvgIpc) is 3.20. The van der Waals surface area contributed by atoms with E-state index < -0.39 is 0 Å². The summed E-state index contributed by atoms with van der Waals surface area (Å²) in [7, 11) is 0. The van der Waals surface area contributed by atoms with Crippen LogP contribution in [0.4, 0.5) is 11.4 Å². The fourth-order valence-electron chi connectivity index (χ4n) is 10.3. The van der Waals surface area contributed by atoms with Gasteiger partial charge in [0, 0.05) is 0 Å². The third-order valence-electron chi connectivity index (χ3n) is 12.3. The first-order valence-corrected chi connectivity index (χ1v) is 15.5. The summed E-state index contributed by atoms with van der Waals surface area (Å²) >= 11 is 0. The number of nitrogens with two attached hydrogens (primary N) is 2. The summed E-state index contributed by atoms with van der Waals surface area (Å²) in [6, 6.07) is 5.61. The number of para-hydroxylation sites is 1. The van der Waals surface area contributed by atoms with Gasteiger partial charge in [0.1, 0.15) is 0 Å². The second kappa shape index (κ2) is 10.4. The Morgan fingerprint density at radius 2 is 1.61 bits per heavy atom. The molecule has 5 rings (SSSR count). The van der Waals surface area contributed by atoms with Crippen molar-refractivity contribution in [2.75, 3.05) is 18.1 Å². The van der Waals surface area contributed by atoms with Crippen molar-refractivity contribution in [2.45, 2.75) is 111 Å². The molecule has 0 aromatic heterocycles. The van der Waals surface area contributed by atoms with Gasteiger partial charge in [0.05, 0.1) is 18.0 Å². The van der Waals surface area contributed by atoms with Crippen LogP contribution >= 0.6 is 0 Å². The van der Waals surface area contributed by atoms with E-state index in [-0.39, 0.29) is 0 Å². The monoisotopic (exact) mass is 494 g/mol. The molecule has 4 N–H and O–H groups in total. The van der Waals surface area contributed by atoms with E-state index in [2.05, 4.69) is 27.7 Å². The highest BCUT2D eigenvalue weighted by atomic mass is 16.5. The first kappa shape index (κ1) is 26.2. The third kappa shape index (κ3) is 4.66. The Bertz CT molecular complexity index is 879. The first-order chi connectivity index (χ1) is 17.2. The standard InChI is InChI=1S/C33H54N2O/c1-22(21-36-31-29(34)12-8-13-30(31)35)9-7-10-23(2)26-16-17-27-25-15-14-24-11-5-6-19-32(24,3)28(25)18-20-33(26,27)4/h8,12-13,22-28H,5-7,9-11,14-21,34-35H2,1-4H3/t22?,23-,24?,25+,26-,27+,28+,32+,33-/m1/s1. The fourth-order valence-corrected chi connectivity index (χ4v) is 10.3. The maximum atomic E-state index is 6.06. The van der Waals surface area contributed by atoms with Gasteiger partial charge in [0.2, 0.25) is 0 Å². The van der Waals surface area contributed by atoms with E-state index in [9.17, 15) is 0 Å². The van der Waals surface area contributed by atoms with E-state index in [1.165, 1.54) is 77.0 Å². The summed E-state index contributed by atoms with van der Waals surface area (Å²) in [5, 5.41) is 0. The van der Waals surface area contributed by atoms with Gasteiger partial charge >= 0.3 is 0 Å². The van der Waals surface area contributed by atoms with Crippen molar-refractivity contribution in [3.05, 3.63) is 18.2 Å². The Balaban J connectivity index is 1.13. The van der Waals surface area contributed by atoms with Gasteiger partial charge in [-0.2, -0.15) is 0 Å². The molecule has 4 aliphatic carbocycles. The third-order valence-corrected chi connectivity index (χ3v) is 12.3. The predicted molar refractivity (Wildman–Crippen MR) is 153 cm³/mol. The summed E-state index contributed by atoms with van der Waals surface area (Å²) < 4.78 is 6.02. The first-order valence-electron chi connectivity index (χ1n) is 15.5. The van der Waals surface area contributed by atoms with Gasteiger partial charge in [0.15, 0.2) is 5.75 Å². The topological polar surface area (TPSA) is 61.3 Å². The van der Waals surface area contributed by atoms with Crippen LogP contribution in [0.5, 0.6) is 5.75 Å². The number of hydrogen-bond acceptors (Lipinski definition) is 3. The Morgan fingerprint density at radius 1 is 0.861 bits per heavy atom. The molecule has 0 heterocycles. The zero-order valence-electron chi connectivity index (χ0n) is 23.7. The number of fused-ring (bicyclic) bond motifs is 5. The van der Waals surface area contributed by atoms with Crippen LogP contribution in [0.15, 0.2) is 18.2 Å². The highest BCUT2D eigenvalue weighted by molar-refractivity contribution is 5.66. The SMILES string of the molecule is CC(CCC[C@@H](C)[C@H]1CC[C@H]2[C@@H]3CCC4CCCC[C@]4(C)[C@H]3CC[C@]12C)COc1c(N)cccc1N. The van der Waals surface area contributed by atoms with Crippen molar-refractivity contribution >= 4 is 11.4 Å². The lowest BCUT2D eigenvalue weighted by Crippen LogP contribution is -2.53. The number of anilines is 2. The molecule has 0 saturated heterocycles. The molecule has 0 amide bonds. The van der Waals surface area contributed by atoms with E-state index in [1.54, 1.807) is 6.42 Å². The van der Waals surface area contributed by atoms with Crippen molar-refractivity contribution in [1.29, 1.82) is 0 Å². The zero-order chi connectivity index (χ0) is 25.5. The van der Waals surface area contributed by atoms with Crippen LogP contribution in [0.2, 0.25) is 0 Å². The van der Waals surface area contributed by atoms with E-state index >= 15 is 0 Å². The van der Waals surface area contributed by atoms with Gasteiger partial charge in [-0.15, -0.1) is 0 Å². The van der Waals surface area contributed by atoms with Crippen molar-refractivity contribution in [3.63, 3.8) is 0 Å². The Morgan fingerprint density at radius 3 is 2.39 bits per heavy atom. The summed E-state index contributed by atoms with van der Waals surface area (Å²) in [4.78, 5) is 0. The van der Waals surface area contributed by atoms with Gasteiger partial charge < -0.3 is 16.2 Å². The molecule has 0 spiro atoms. The maximum Gasteiger partial charge on any atom is 0.165 e. The molecule has 3 heteroatoms. The van der Waals surface area contributed by atoms with Gasteiger partial charge in [-0.05, 0) is 122 Å². The molecule has 36 heavy (non-hydrogen) atoms. The molecule has 4 saturated carbocycles. The smallest absolute Gasteiger partial charge is 0.165 e. The van der Waals surface area contributed by atoms with Gasteiger partial charge in [-0.25, -0.2) is 0 Å². The minimum atomic E-state index is 0.518. The van der Waals surface area contributed by atoms with Crippen LogP contribution in [0.3, 0.4) is 0 Å². The minimum absolute atomic E-state index is 0.518. The van der Waals surface area contributed by atoms with Crippen LogP contribution in [0.25, 0.3) is 0 Å². The Hall–Kier alpha value is -1.38. The largest absolute Gasteiger partial charge is 0.489 e. The zero-order valence-corrected chi connectivity index (χ0v) is 23.7. The van der Waals surface area contributed by atoms with Crippen molar-refractivity contribution in [3.8, 4) is 5.75 Å². The fraction of sp³-hybridized carbons (Fsp3) is 0.818. The normalized spacial score (nSPS) is 39.5. The molecule has 9 atom stereocenters. The lowest BCUT2D eigenvalue weighted by molar-refractivity contribution is -0.114. The molecule has 0 radical (unpaired) electrons. The van der Waals surface area contributed by atoms with Crippen LogP contribution in [-0.2, 0) is 0 Å². The quantitative estimate of drug-likeness (QED) is 0.355. The van der Waals surface area contributed by atoms with Crippen LogP contribution < -0.4 is 16.2 Å². The van der Waals surface area contributed by atoms with Crippen LogP contribution in [-0.4, -0.2) is 6.61 Å². The second-order valence-corrected chi connectivity index (χ2v) is 14.2. The molecule has 2 unspecified atom stereocenters. The van der Waals surface area contributed by atoms with Gasteiger partial charge in [-0.1, -0.05) is 59.4 Å². The number of ether oxygens (including phenoxy) is 1. The molecule has 1 aromatic carbocycles. The Labute approximate surface area is 221 Å². The highest BCUT2D eigenvalue weighted by Crippen LogP contribution is 2.68. The molecular formula is C33H54N2O. The maximum absolute atomic E-state index is 6.06. The predicted octanol–water partition coefficient (Wildman–Crippen LogP) is 8.72. The van der Waals surface area contributed by atoms with Crippen LogP contribution in [0, 0.1) is 52.3 Å². The van der Waals surface area contributed by atoms with Crippen molar-refractivity contribution in [1.82, 2.24) is 0 Å². The molecule has 0 bridgehead atoms. The molecule has 4 aliphatic rings. The van der Waals surface area contributed by atoms with Gasteiger partial charge in [0.25, 0.3) is 0 Å². The molecule has 4 fully saturated rings. The molecule has 202 valence electrons. The van der Waals surface area contributed by atoms with E-state index in [4.69, 9.17) is 16.2 Å². The number of rotatable bonds is 8. The molecule has 1 aromatic rings. The van der Waals surface area contributed by atoms with Crippen molar-refractivity contribution in [2.24, 2.45) is 52.3 Å². The number of hydrogen-bond donors (Lipinski definition) is 2. The van der Waals surface area contributed by atoms with E-state index in [0.29, 0.717) is 40.5 Å². The summed E-state index contributed by atoms with van der Waals surface area (Å²) in [5.74, 6) is 7.03. The lowest BCUT2D eigenvalue weighted by atomic mass is 9.44. The summed E-state index contributed by atoms with van der Waals surface area (Å²) in [6.45, 7) is 11.0. The van der Waals surface area contributed by atoms with Gasteiger partial charge in [-0.3, -0.25) is 0 Å². The lowest BCUT2D eigenvalue weighted by Gasteiger charge is -2.61. The number of benzene rings is 1. The van der Waals surface area contributed by atoms with E-state index in [0.717, 1.165) is 35.5 Å². The molecule has 0 aliphatic heterocycles. The average molecular weight is 495 g/mol.